The van der Waals surface area contributed by atoms with E-state index in [1.165, 1.54) is 5.12 Å². The Morgan fingerprint density at radius 2 is 1.81 bits per heavy atom. The van der Waals surface area contributed by atoms with Gasteiger partial charge >= 0.3 is 6.03 Å². The molecule has 0 spiro atoms. The molecular formula is C19H26N6O. The van der Waals surface area contributed by atoms with Crippen LogP contribution in [0.1, 0.15) is 30.9 Å². The molecule has 0 fully saturated rings. The number of nitrogens with one attached hydrogen (secondary N) is 2. The third-order valence-corrected chi connectivity index (χ3v) is 3.81. The van der Waals surface area contributed by atoms with Crippen LogP contribution in [0.25, 0.3) is 0 Å². The third kappa shape index (κ3) is 5.78. The van der Waals surface area contributed by atoms with Crippen LogP contribution in [-0.4, -0.2) is 23.5 Å². The SMILES string of the molecule is CCCCN(N)/N=C(\N)c1ccc(NC(=O)Nc2ccccc2C)cc1. The molecule has 0 aliphatic heterocycles. The normalized spacial score (nSPS) is 11.1. The number of amides is 2. The van der Waals surface area contributed by atoms with Crippen LogP contribution in [0.15, 0.2) is 53.6 Å². The summed E-state index contributed by atoms with van der Waals surface area (Å²) >= 11 is 0. The minimum Gasteiger partial charge on any atom is -0.382 e. The summed E-state index contributed by atoms with van der Waals surface area (Å²) in [7, 11) is 0. The molecule has 7 heteroatoms. The fourth-order valence-corrected chi connectivity index (χ4v) is 2.29. The topological polar surface area (TPSA) is 109 Å². The van der Waals surface area contributed by atoms with Crippen LogP contribution >= 0.6 is 0 Å². The van der Waals surface area contributed by atoms with Gasteiger partial charge in [-0.25, -0.2) is 15.8 Å². The molecular weight excluding hydrogens is 328 g/mol. The Kier molecular flexibility index (Phi) is 6.99. The summed E-state index contributed by atoms with van der Waals surface area (Å²) in [6.07, 6.45) is 1.99. The number of hydrogen-bond acceptors (Lipinski definition) is 4. The number of hydrazine groups is 1. The number of amidine groups is 1. The Morgan fingerprint density at radius 1 is 1.12 bits per heavy atom. The molecule has 138 valence electrons. The Balaban J connectivity index is 1.95. The maximum Gasteiger partial charge on any atom is 0.323 e. The fourth-order valence-electron chi connectivity index (χ4n) is 2.29. The van der Waals surface area contributed by atoms with Crippen molar-refractivity contribution < 1.29 is 4.79 Å². The molecule has 2 amide bonds. The van der Waals surface area contributed by atoms with E-state index in [1.54, 1.807) is 24.3 Å². The fraction of sp³-hybridized carbons (Fsp3) is 0.263. The summed E-state index contributed by atoms with van der Waals surface area (Å²) in [4.78, 5) is 12.1. The zero-order valence-electron chi connectivity index (χ0n) is 15.2. The minimum absolute atomic E-state index is 0.304. The average Bonchev–Trinajstić information content (AvgIpc) is 2.62. The molecule has 0 aliphatic carbocycles. The van der Waals surface area contributed by atoms with E-state index in [9.17, 15) is 4.79 Å². The maximum atomic E-state index is 12.1. The first kappa shape index (κ1) is 19.3. The molecule has 0 unspecified atom stereocenters. The van der Waals surface area contributed by atoms with E-state index in [0.29, 0.717) is 18.1 Å². The molecule has 0 aliphatic rings. The largest absolute Gasteiger partial charge is 0.382 e. The number of hydrazone groups is 1. The van der Waals surface area contributed by atoms with E-state index < -0.39 is 0 Å². The molecule has 2 rings (SSSR count). The number of carbonyl (C=O) groups is 1. The number of rotatable bonds is 7. The number of para-hydroxylation sites is 1. The number of hydrogen-bond donors (Lipinski definition) is 4. The van der Waals surface area contributed by atoms with E-state index >= 15 is 0 Å². The molecule has 0 aromatic heterocycles. The molecule has 2 aromatic rings. The van der Waals surface area contributed by atoms with Crippen LogP contribution in [0.4, 0.5) is 16.2 Å². The van der Waals surface area contributed by atoms with Gasteiger partial charge in [0.25, 0.3) is 0 Å². The first-order valence-corrected chi connectivity index (χ1v) is 8.60. The van der Waals surface area contributed by atoms with Gasteiger partial charge in [0, 0.05) is 16.9 Å². The molecule has 0 saturated carbocycles. The van der Waals surface area contributed by atoms with E-state index in [2.05, 4.69) is 22.7 Å². The van der Waals surface area contributed by atoms with Crippen molar-refractivity contribution in [2.24, 2.45) is 16.7 Å². The lowest BCUT2D eigenvalue weighted by molar-refractivity contribution is 0.262. The summed E-state index contributed by atoms with van der Waals surface area (Å²) in [6, 6.07) is 14.4. The predicted octanol–water partition coefficient (Wildman–Crippen LogP) is 3.24. The summed E-state index contributed by atoms with van der Waals surface area (Å²) in [5.74, 6) is 6.11. The van der Waals surface area contributed by atoms with Gasteiger partial charge in [0.05, 0.1) is 6.54 Å². The molecule has 7 nitrogen and oxygen atoms in total. The Labute approximate surface area is 154 Å². The predicted molar refractivity (Wildman–Crippen MR) is 107 cm³/mol. The van der Waals surface area contributed by atoms with E-state index in [4.69, 9.17) is 11.6 Å². The molecule has 0 heterocycles. The molecule has 6 N–H and O–H groups in total. The van der Waals surface area contributed by atoms with Crippen LogP contribution in [0, 0.1) is 6.92 Å². The van der Waals surface area contributed by atoms with Gasteiger partial charge in [-0.2, -0.15) is 0 Å². The Hall–Kier alpha value is -3.06. The lowest BCUT2D eigenvalue weighted by Crippen LogP contribution is -2.30. The maximum absolute atomic E-state index is 12.1. The van der Waals surface area contributed by atoms with Crippen molar-refractivity contribution in [2.45, 2.75) is 26.7 Å². The van der Waals surface area contributed by atoms with Crippen molar-refractivity contribution in [3.8, 4) is 0 Å². The molecule has 2 aromatic carbocycles. The summed E-state index contributed by atoms with van der Waals surface area (Å²) in [5, 5.41) is 11.1. The second-order valence-electron chi connectivity index (χ2n) is 5.97. The van der Waals surface area contributed by atoms with Gasteiger partial charge in [0.1, 0.15) is 0 Å². The summed E-state index contributed by atoms with van der Waals surface area (Å²) < 4.78 is 0. The van der Waals surface area contributed by atoms with Crippen LogP contribution in [0.3, 0.4) is 0 Å². The average molecular weight is 354 g/mol. The van der Waals surface area contributed by atoms with Crippen LogP contribution in [-0.2, 0) is 0 Å². The quantitative estimate of drug-likeness (QED) is 0.265. The number of nitrogens with zero attached hydrogens (tertiary/aromatic N) is 2. The smallest absolute Gasteiger partial charge is 0.323 e. The molecule has 0 atom stereocenters. The second-order valence-corrected chi connectivity index (χ2v) is 5.97. The number of nitrogens with two attached hydrogens (primary N) is 2. The van der Waals surface area contributed by atoms with Crippen LogP contribution in [0.2, 0.25) is 0 Å². The molecule has 26 heavy (non-hydrogen) atoms. The first-order chi connectivity index (χ1) is 12.5. The van der Waals surface area contributed by atoms with Gasteiger partial charge < -0.3 is 16.4 Å². The standard InChI is InChI=1S/C19H26N6O/c1-3-4-13-25(21)24-18(20)15-9-11-16(12-10-15)22-19(26)23-17-8-6-5-7-14(17)2/h5-12H,3-4,13,21H2,1-2H3,(H2,20,24)(H2,22,23,26). The van der Waals surface area contributed by atoms with Gasteiger partial charge in [0.15, 0.2) is 5.84 Å². The van der Waals surface area contributed by atoms with Crippen molar-refractivity contribution in [3.05, 3.63) is 59.7 Å². The van der Waals surface area contributed by atoms with Gasteiger partial charge in [0.2, 0.25) is 0 Å². The summed E-state index contributed by atoms with van der Waals surface area (Å²) in [5.41, 5.74) is 9.13. The highest BCUT2D eigenvalue weighted by Crippen LogP contribution is 2.14. The number of benzene rings is 2. The monoisotopic (exact) mass is 354 g/mol. The van der Waals surface area contributed by atoms with E-state index in [1.807, 2.05) is 31.2 Å². The van der Waals surface area contributed by atoms with Crippen molar-refractivity contribution >= 4 is 23.2 Å². The third-order valence-electron chi connectivity index (χ3n) is 3.81. The lowest BCUT2D eigenvalue weighted by Gasteiger charge is -2.13. The lowest BCUT2D eigenvalue weighted by atomic mass is 10.2. The second kappa shape index (κ2) is 9.43. The van der Waals surface area contributed by atoms with Crippen LogP contribution in [0.5, 0.6) is 0 Å². The van der Waals surface area contributed by atoms with Crippen molar-refractivity contribution in [3.63, 3.8) is 0 Å². The molecule has 0 saturated heterocycles. The van der Waals surface area contributed by atoms with Crippen molar-refractivity contribution in [1.29, 1.82) is 0 Å². The Morgan fingerprint density at radius 3 is 2.46 bits per heavy atom. The zero-order valence-corrected chi connectivity index (χ0v) is 15.2. The summed E-state index contributed by atoms with van der Waals surface area (Å²) in [6.45, 7) is 4.67. The van der Waals surface area contributed by atoms with Crippen molar-refractivity contribution in [2.75, 3.05) is 17.2 Å². The number of anilines is 2. The van der Waals surface area contributed by atoms with Gasteiger partial charge in [-0.1, -0.05) is 31.5 Å². The highest BCUT2D eigenvalue weighted by Gasteiger charge is 2.06. The van der Waals surface area contributed by atoms with Crippen molar-refractivity contribution in [1.82, 2.24) is 5.12 Å². The number of carbonyl (C=O) groups excluding carboxylic acids is 1. The zero-order chi connectivity index (χ0) is 18.9. The highest BCUT2D eigenvalue weighted by atomic mass is 16.2. The van der Waals surface area contributed by atoms with E-state index in [0.717, 1.165) is 29.7 Å². The number of unbranched alkanes of at least 4 members (excludes halogenated alkanes) is 1. The van der Waals surface area contributed by atoms with Gasteiger partial charge in [-0.15, -0.1) is 5.10 Å². The minimum atomic E-state index is -0.304. The van der Waals surface area contributed by atoms with Gasteiger partial charge in [-0.3, -0.25) is 0 Å². The van der Waals surface area contributed by atoms with Gasteiger partial charge in [-0.05, 0) is 49.2 Å². The van der Waals surface area contributed by atoms with Crippen LogP contribution < -0.4 is 22.2 Å². The molecule has 0 radical (unpaired) electrons. The first-order valence-electron chi connectivity index (χ1n) is 8.60. The molecule has 0 bridgehead atoms. The van der Waals surface area contributed by atoms with E-state index in [-0.39, 0.29) is 6.03 Å². The highest BCUT2D eigenvalue weighted by molar-refractivity contribution is 6.01. The number of aryl methyl sites for hydroxylation is 1. The Bertz CT molecular complexity index is 757. The number of urea groups is 1.